The molecule has 0 radical (unpaired) electrons. The average Bonchev–Trinajstić information content (AvgIpc) is 2.60. The second kappa shape index (κ2) is 5.44. The van der Waals surface area contributed by atoms with E-state index in [1.165, 1.54) is 27.8 Å². The van der Waals surface area contributed by atoms with Gasteiger partial charge in [0.25, 0.3) is 0 Å². The fourth-order valence-electron chi connectivity index (χ4n) is 5.45. The van der Waals surface area contributed by atoms with Crippen molar-refractivity contribution in [3.8, 4) is 0 Å². The van der Waals surface area contributed by atoms with Crippen molar-refractivity contribution in [2.24, 2.45) is 16.7 Å². The fraction of sp³-hybridized carbons (Fsp3) is 0.333. The number of hydrogen-bond acceptors (Lipinski definition) is 1. The molecule has 1 saturated carbocycles. The van der Waals surface area contributed by atoms with E-state index in [1.54, 1.807) is 0 Å². The van der Waals surface area contributed by atoms with Crippen molar-refractivity contribution in [1.29, 1.82) is 0 Å². The van der Waals surface area contributed by atoms with Gasteiger partial charge < -0.3 is 5.11 Å². The minimum atomic E-state index is -0.391. The van der Waals surface area contributed by atoms with Crippen LogP contribution in [0.15, 0.2) is 72.8 Å². The topological polar surface area (TPSA) is 20.2 Å². The van der Waals surface area contributed by atoms with E-state index < -0.39 is 6.10 Å². The molecular weight excluding hydrogens is 304 g/mol. The molecule has 1 heteroatoms. The maximum absolute atomic E-state index is 11.3. The van der Waals surface area contributed by atoms with Crippen LogP contribution >= 0.6 is 0 Å². The zero-order valence-electron chi connectivity index (χ0n) is 15.3. The van der Waals surface area contributed by atoms with Gasteiger partial charge in [-0.1, -0.05) is 93.6 Å². The molecule has 0 aliphatic heterocycles. The Balaban J connectivity index is 2.10. The molecular formula is C24H26O. The van der Waals surface area contributed by atoms with Gasteiger partial charge in [0.05, 0.1) is 6.10 Å². The summed E-state index contributed by atoms with van der Waals surface area (Å²) >= 11 is 0. The van der Waals surface area contributed by atoms with Crippen molar-refractivity contribution in [2.75, 3.05) is 0 Å². The van der Waals surface area contributed by atoms with Crippen LogP contribution in [0.2, 0.25) is 0 Å². The molecule has 1 fully saturated rings. The quantitative estimate of drug-likeness (QED) is 0.713. The predicted octanol–water partition coefficient (Wildman–Crippen LogP) is 5.58. The van der Waals surface area contributed by atoms with Gasteiger partial charge in [0.15, 0.2) is 0 Å². The number of benzene rings is 2. The molecule has 1 nitrogen and oxygen atoms in total. The van der Waals surface area contributed by atoms with Crippen LogP contribution in [0.4, 0.5) is 0 Å². The van der Waals surface area contributed by atoms with Crippen LogP contribution in [0.25, 0.3) is 11.1 Å². The highest BCUT2D eigenvalue weighted by atomic mass is 16.3. The molecule has 0 spiro atoms. The second-order valence-corrected chi connectivity index (χ2v) is 8.43. The molecule has 128 valence electrons. The van der Waals surface area contributed by atoms with Gasteiger partial charge in [0.1, 0.15) is 0 Å². The lowest BCUT2D eigenvalue weighted by Gasteiger charge is -2.60. The average molecular weight is 330 g/mol. The van der Waals surface area contributed by atoms with Crippen molar-refractivity contribution in [3.63, 3.8) is 0 Å². The Kier molecular flexibility index (Phi) is 3.56. The number of fused-ring (bicyclic) bond motifs is 2. The summed E-state index contributed by atoms with van der Waals surface area (Å²) in [7, 11) is 0. The van der Waals surface area contributed by atoms with E-state index in [-0.39, 0.29) is 16.7 Å². The first-order chi connectivity index (χ1) is 11.9. The molecule has 0 amide bonds. The first-order valence-corrected chi connectivity index (χ1v) is 9.08. The number of allylic oxidation sites excluding steroid dienone is 2. The lowest BCUT2D eigenvalue weighted by molar-refractivity contribution is -0.0626. The lowest BCUT2D eigenvalue weighted by atomic mass is 9.45. The summed E-state index contributed by atoms with van der Waals surface area (Å²) in [5.74, 6) is 0.168. The van der Waals surface area contributed by atoms with E-state index >= 15 is 0 Å². The van der Waals surface area contributed by atoms with Crippen molar-refractivity contribution >= 4 is 11.1 Å². The van der Waals surface area contributed by atoms with E-state index in [0.29, 0.717) is 0 Å². The molecule has 2 bridgehead atoms. The van der Waals surface area contributed by atoms with Gasteiger partial charge in [-0.15, -0.1) is 0 Å². The molecule has 5 rings (SSSR count). The first-order valence-electron chi connectivity index (χ1n) is 9.08. The zero-order chi connectivity index (χ0) is 17.8. The summed E-state index contributed by atoms with van der Waals surface area (Å²) in [6.45, 7) is 11.0. The molecule has 25 heavy (non-hydrogen) atoms. The zero-order valence-corrected chi connectivity index (χ0v) is 15.3. The van der Waals surface area contributed by atoms with Crippen LogP contribution in [0.5, 0.6) is 0 Å². The Morgan fingerprint density at radius 2 is 1.40 bits per heavy atom. The Morgan fingerprint density at radius 3 is 1.96 bits per heavy atom. The number of aliphatic hydroxyl groups is 1. The van der Waals surface area contributed by atoms with Crippen molar-refractivity contribution in [3.05, 3.63) is 83.9 Å². The van der Waals surface area contributed by atoms with Gasteiger partial charge in [-0.05, 0) is 28.7 Å². The maximum Gasteiger partial charge on any atom is 0.0697 e. The predicted molar refractivity (Wildman–Crippen MR) is 105 cm³/mol. The highest BCUT2D eigenvalue weighted by Crippen LogP contribution is 2.66. The molecule has 2 aromatic carbocycles. The normalized spacial score (nSPS) is 30.6. The summed E-state index contributed by atoms with van der Waals surface area (Å²) in [5.41, 5.74) is 5.81. The lowest BCUT2D eigenvalue weighted by Crippen LogP contribution is -2.56. The first kappa shape index (κ1) is 16.4. The Hall–Kier alpha value is -2.12. The molecule has 3 aliphatic carbocycles. The Labute approximate surface area is 150 Å². The molecule has 1 N–H and O–H groups in total. The van der Waals surface area contributed by atoms with Crippen molar-refractivity contribution < 1.29 is 5.11 Å². The number of aliphatic hydroxyl groups excluding tert-OH is 1. The summed E-state index contributed by atoms with van der Waals surface area (Å²) in [6.07, 6.45) is 0.459. The molecule has 0 heterocycles. The van der Waals surface area contributed by atoms with E-state index in [4.69, 9.17) is 0 Å². The van der Waals surface area contributed by atoms with Gasteiger partial charge in [-0.2, -0.15) is 0 Å². The maximum atomic E-state index is 11.3. The standard InChI is InChI=1S/C24H26O/c1-16-15-24(4)21(18-13-9-6-10-14-18)19(17-11-7-5-8-12-17)20(16)23(2,3)22(24)25/h5-14,20,22,25H,1,15H2,2-4H3/t20-,22+,24+/m1/s1. The van der Waals surface area contributed by atoms with E-state index in [9.17, 15) is 5.11 Å². The second-order valence-electron chi connectivity index (χ2n) is 8.43. The molecule has 0 aromatic heterocycles. The monoisotopic (exact) mass is 330 g/mol. The van der Waals surface area contributed by atoms with Crippen LogP contribution in [-0.4, -0.2) is 11.2 Å². The van der Waals surface area contributed by atoms with Crippen LogP contribution in [0.1, 0.15) is 38.3 Å². The summed E-state index contributed by atoms with van der Waals surface area (Å²) < 4.78 is 0. The minimum absolute atomic E-state index is 0.168. The number of hydrogen-bond donors (Lipinski definition) is 1. The third-order valence-corrected chi connectivity index (χ3v) is 6.33. The van der Waals surface area contributed by atoms with Crippen molar-refractivity contribution in [1.82, 2.24) is 0 Å². The van der Waals surface area contributed by atoms with E-state index in [1.807, 2.05) is 0 Å². The van der Waals surface area contributed by atoms with Crippen LogP contribution < -0.4 is 0 Å². The van der Waals surface area contributed by atoms with Gasteiger partial charge in [0.2, 0.25) is 0 Å². The van der Waals surface area contributed by atoms with Crippen LogP contribution in [-0.2, 0) is 0 Å². The molecule has 3 atom stereocenters. The van der Waals surface area contributed by atoms with Gasteiger partial charge >= 0.3 is 0 Å². The summed E-state index contributed by atoms with van der Waals surface area (Å²) in [6, 6.07) is 21.2. The third kappa shape index (κ3) is 2.19. The fourth-order valence-corrected chi connectivity index (χ4v) is 5.45. The molecule has 3 aliphatic rings. The number of rotatable bonds is 2. The largest absolute Gasteiger partial charge is 0.392 e. The van der Waals surface area contributed by atoms with Crippen LogP contribution in [0, 0.1) is 16.7 Å². The third-order valence-electron chi connectivity index (χ3n) is 6.33. The Bertz CT molecular complexity index is 844. The molecule has 0 saturated heterocycles. The molecule has 0 unspecified atom stereocenters. The highest BCUT2D eigenvalue weighted by molar-refractivity contribution is 5.98. The van der Waals surface area contributed by atoms with E-state index in [2.05, 4.69) is 88.0 Å². The van der Waals surface area contributed by atoms with Gasteiger partial charge in [-0.25, -0.2) is 0 Å². The summed E-state index contributed by atoms with van der Waals surface area (Å²) in [5, 5.41) is 11.3. The Morgan fingerprint density at radius 1 is 0.880 bits per heavy atom. The SMILES string of the molecule is C=C1C[C@@]2(C)C(c3ccccc3)=C(c3ccccc3)[C@@H]1C(C)(C)[C@@H]2O. The van der Waals surface area contributed by atoms with E-state index in [0.717, 1.165) is 6.42 Å². The highest BCUT2D eigenvalue weighted by Gasteiger charge is 2.60. The minimum Gasteiger partial charge on any atom is -0.392 e. The van der Waals surface area contributed by atoms with Crippen LogP contribution in [0.3, 0.4) is 0 Å². The summed E-state index contributed by atoms with van der Waals surface area (Å²) in [4.78, 5) is 0. The molecule has 2 aromatic rings. The van der Waals surface area contributed by atoms with Gasteiger partial charge in [-0.3, -0.25) is 0 Å². The van der Waals surface area contributed by atoms with Crippen molar-refractivity contribution in [2.45, 2.75) is 33.3 Å². The van der Waals surface area contributed by atoms with Gasteiger partial charge in [0, 0.05) is 16.7 Å². The smallest absolute Gasteiger partial charge is 0.0697 e.